The molecule has 1 atom stereocenters. The number of guanidine groups is 1. The van der Waals surface area contributed by atoms with Gasteiger partial charge in [0.05, 0.1) is 6.54 Å². The molecule has 0 bridgehead atoms. The summed E-state index contributed by atoms with van der Waals surface area (Å²) in [6.07, 6.45) is -3.41. The normalized spacial score (nSPS) is 27.4. The first kappa shape index (κ1) is 20.8. The summed E-state index contributed by atoms with van der Waals surface area (Å²) < 4.78 is 37.3. The number of aliphatic imine (C=N–C) groups is 1. The molecule has 2 aliphatic rings. The van der Waals surface area contributed by atoms with Crippen LogP contribution >= 0.6 is 24.0 Å². The molecule has 1 N–H and O–H groups in total. The largest absolute Gasteiger partial charge is 0.401 e. The Morgan fingerprint density at radius 3 is 2.30 bits per heavy atom. The zero-order valence-electron chi connectivity index (χ0n) is 14.5. The van der Waals surface area contributed by atoms with Crippen molar-refractivity contribution in [1.29, 1.82) is 0 Å². The topological polar surface area (TPSA) is 30.9 Å². The maximum Gasteiger partial charge on any atom is 0.401 e. The van der Waals surface area contributed by atoms with Crippen LogP contribution in [0.4, 0.5) is 13.2 Å². The van der Waals surface area contributed by atoms with Gasteiger partial charge in [-0.25, -0.2) is 0 Å². The predicted octanol–water partition coefficient (Wildman–Crippen LogP) is 2.94. The number of hydrogen-bond acceptors (Lipinski definition) is 2. The highest BCUT2D eigenvalue weighted by molar-refractivity contribution is 14.0. The van der Waals surface area contributed by atoms with Crippen LogP contribution in [0.25, 0.3) is 0 Å². The summed E-state index contributed by atoms with van der Waals surface area (Å²) in [5.74, 6) is 0.795. The summed E-state index contributed by atoms with van der Waals surface area (Å²) >= 11 is 0. The second kappa shape index (κ2) is 6.93. The summed E-state index contributed by atoms with van der Waals surface area (Å²) in [4.78, 5) is 7.99. The molecule has 2 aliphatic heterocycles. The van der Waals surface area contributed by atoms with Crippen LogP contribution in [0.2, 0.25) is 0 Å². The minimum Gasteiger partial charge on any atom is -0.352 e. The molecular weight excluding hydrogens is 420 g/mol. The van der Waals surface area contributed by atoms with E-state index in [2.05, 4.69) is 42.9 Å². The Kier molecular flexibility index (Phi) is 6.27. The summed E-state index contributed by atoms with van der Waals surface area (Å²) in [6.45, 7) is 9.75. The van der Waals surface area contributed by atoms with Crippen LogP contribution in [-0.4, -0.2) is 66.7 Å². The fourth-order valence-corrected chi connectivity index (χ4v) is 3.19. The third-order valence-corrected chi connectivity index (χ3v) is 5.36. The Balaban J connectivity index is 0.00000264. The van der Waals surface area contributed by atoms with Gasteiger partial charge in [-0.3, -0.25) is 9.89 Å². The molecule has 2 fully saturated rings. The molecule has 2 heterocycles. The molecule has 0 saturated carbocycles. The van der Waals surface area contributed by atoms with Gasteiger partial charge in [0, 0.05) is 43.7 Å². The number of rotatable bonds is 2. The monoisotopic (exact) mass is 448 g/mol. The molecule has 0 radical (unpaired) electrons. The maximum absolute atomic E-state index is 12.4. The lowest BCUT2D eigenvalue weighted by Crippen LogP contribution is -2.73. The van der Waals surface area contributed by atoms with Crippen molar-refractivity contribution in [3.05, 3.63) is 0 Å². The minimum atomic E-state index is -4.12. The molecule has 0 aromatic carbocycles. The average molecular weight is 448 g/mol. The molecule has 0 aliphatic carbocycles. The fraction of sp³-hybridized carbons (Fsp3) is 0.933. The van der Waals surface area contributed by atoms with E-state index in [0.29, 0.717) is 19.5 Å². The van der Waals surface area contributed by atoms with Crippen LogP contribution in [0.15, 0.2) is 4.99 Å². The van der Waals surface area contributed by atoms with E-state index in [-0.39, 0.29) is 41.0 Å². The van der Waals surface area contributed by atoms with Crippen molar-refractivity contribution < 1.29 is 13.2 Å². The van der Waals surface area contributed by atoms with Gasteiger partial charge in [0.25, 0.3) is 0 Å². The summed E-state index contributed by atoms with van der Waals surface area (Å²) in [6, 6.07) is 0.0283. The van der Waals surface area contributed by atoms with E-state index in [1.807, 2.05) is 0 Å². The molecule has 2 rings (SSSR count). The quantitative estimate of drug-likeness (QED) is 0.401. The molecule has 23 heavy (non-hydrogen) atoms. The Bertz CT molecular complexity index is 448. The molecule has 0 aromatic rings. The lowest BCUT2D eigenvalue weighted by atomic mass is 9.65. The van der Waals surface area contributed by atoms with Crippen LogP contribution in [0.1, 0.15) is 34.1 Å². The third-order valence-electron chi connectivity index (χ3n) is 5.36. The first-order valence-electron chi connectivity index (χ1n) is 7.76. The Morgan fingerprint density at radius 2 is 1.87 bits per heavy atom. The van der Waals surface area contributed by atoms with Crippen LogP contribution in [-0.2, 0) is 0 Å². The standard InChI is InChI=1S/C15H27F3N4.HI/c1-13(2)9-22(14(13,3)4)12(19-5)20-11-6-7-21(8-11)10-15(16,17)18;/h11H,6-10H2,1-5H3,(H,19,20);1H. The molecule has 1 unspecified atom stereocenters. The molecule has 0 spiro atoms. The maximum atomic E-state index is 12.4. The lowest BCUT2D eigenvalue weighted by Gasteiger charge is -2.62. The first-order valence-corrected chi connectivity index (χ1v) is 7.76. The van der Waals surface area contributed by atoms with Gasteiger partial charge in [-0.1, -0.05) is 13.8 Å². The van der Waals surface area contributed by atoms with Gasteiger partial charge in [-0.2, -0.15) is 13.2 Å². The molecule has 4 nitrogen and oxygen atoms in total. The van der Waals surface area contributed by atoms with E-state index in [1.165, 1.54) is 4.90 Å². The van der Waals surface area contributed by atoms with Crippen LogP contribution in [0.5, 0.6) is 0 Å². The van der Waals surface area contributed by atoms with Crippen molar-refractivity contribution in [2.24, 2.45) is 10.4 Å². The van der Waals surface area contributed by atoms with E-state index in [1.54, 1.807) is 7.05 Å². The zero-order chi connectivity index (χ0) is 16.8. The van der Waals surface area contributed by atoms with Crippen molar-refractivity contribution in [3.8, 4) is 0 Å². The predicted molar refractivity (Wildman–Crippen MR) is 97.4 cm³/mol. The van der Waals surface area contributed by atoms with Crippen molar-refractivity contribution in [2.75, 3.05) is 33.2 Å². The van der Waals surface area contributed by atoms with E-state index in [4.69, 9.17) is 0 Å². The molecule has 0 aromatic heterocycles. The minimum absolute atomic E-state index is 0. The van der Waals surface area contributed by atoms with Crippen LogP contribution in [0.3, 0.4) is 0 Å². The van der Waals surface area contributed by atoms with Crippen molar-refractivity contribution in [3.63, 3.8) is 0 Å². The lowest BCUT2D eigenvalue weighted by molar-refractivity contribution is -0.143. The summed E-state index contributed by atoms with van der Waals surface area (Å²) in [7, 11) is 1.73. The molecule has 0 amide bonds. The second-order valence-corrected chi connectivity index (χ2v) is 7.56. The number of nitrogens with zero attached hydrogens (tertiary/aromatic N) is 3. The van der Waals surface area contributed by atoms with Crippen molar-refractivity contribution in [1.82, 2.24) is 15.1 Å². The molecule has 2 saturated heterocycles. The summed E-state index contributed by atoms with van der Waals surface area (Å²) in [5.41, 5.74) is 0.182. The van der Waals surface area contributed by atoms with Gasteiger partial charge < -0.3 is 10.2 Å². The zero-order valence-corrected chi connectivity index (χ0v) is 16.8. The third kappa shape index (κ3) is 4.43. The average Bonchev–Trinajstić information content (AvgIpc) is 2.78. The van der Waals surface area contributed by atoms with E-state index >= 15 is 0 Å². The molecule has 136 valence electrons. The number of likely N-dealkylation sites (tertiary alicyclic amines) is 2. The van der Waals surface area contributed by atoms with Crippen molar-refractivity contribution in [2.45, 2.75) is 51.9 Å². The highest BCUT2D eigenvalue weighted by atomic mass is 127. The van der Waals surface area contributed by atoms with Crippen LogP contribution < -0.4 is 5.32 Å². The SMILES string of the molecule is CN=C(NC1CCN(CC(F)(F)F)C1)N1CC(C)(C)C1(C)C.I. The van der Waals surface area contributed by atoms with Gasteiger partial charge in [0.1, 0.15) is 0 Å². The Hall–Kier alpha value is -0.250. The number of halogens is 4. The summed E-state index contributed by atoms with van der Waals surface area (Å²) in [5, 5.41) is 3.34. The molecule has 8 heteroatoms. The number of alkyl halides is 3. The Morgan fingerprint density at radius 1 is 1.26 bits per heavy atom. The van der Waals surface area contributed by atoms with Crippen molar-refractivity contribution >= 4 is 29.9 Å². The van der Waals surface area contributed by atoms with E-state index < -0.39 is 12.7 Å². The fourth-order valence-electron chi connectivity index (χ4n) is 3.19. The van der Waals surface area contributed by atoms with E-state index in [0.717, 1.165) is 12.5 Å². The Labute approximate surface area is 153 Å². The second-order valence-electron chi connectivity index (χ2n) is 7.56. The molecular formula is C15H28F3IN4. The van der Waals surface area contributed by atoms with Gasteiger partial charge >= 0.3 is 6.18 Å². The first-order chi connectivity index (χ1) is 9.96. The highest BCUT2D eigenvalue weighted by Crippen LogP contribution is 2.46. The van der Waals surface area contributed by atoms with Gasteiger partial charge in [0.15, 0.2) is 5.96 Å². The van der Waals surface area contributed by atoms with Crippen LogP contribution in [0, 0.1) is 5.41 Å². The van der Waals surface area contributed by atoms with E-state index in [9.17, 15) is 13.2 Å². The smallest absolute Gasteiger partial charge is 0.352 e. The number of hydrogen-bond donors (Lipinski definition) is 1. The van der Waals surface area contributed by atoms with Gasteiger partial charge in [-0.15, -0.1) is 24.0 Å². The van der Waals surface area contributed by atoms with Gasteiger partial charge in [-0.05, 0) is 20.3 Å². The highest BCUT2D eigenvalue weighted by Gasteiger charge is 2.54. The van der Waals surface area contributed by atoms with Gasteiger partial charge in [0.2, 0.25) is 0 Å². The number of nitrogens with one attached hydrogen (secondary N) is 1.